The van der Waals surface area contributed by atoms with Crippen molar-refractivity contribution in [3.63, 3.8) is 0 Å². The highest BCUT2D eigenvalue weighted by molar-refractivity contribution is 5.87. The lowest BCUT2D eigenvalue weighted by Gasteiger charge is -2.58. The van der Waals surface area contributed by atoms with Crippen molar-refractivity contribution < 1.29 is 19.8 Å². The molecule has 144 valence electrons. The van der Waals surface area contributed by atoms with Crippen LogP contribution >= 0.6 is 0 Å². The first-order valence-corrected chi connectivity index (χ1v) is 10.3. The number of hydrogen-bond donors (Lipinski definition) is 2. The first-order chi connectivity index (χ1) is 12.2. The number of carbonyl (C=O) groups excluding carboxylic acids is 2. The molecule has 0 radical (unpaired) electrons. The molecule has 4 aliphatic carbocycles. The fraction of sp³-hybridized carbons (Fsp3) is 0.818. The summed E-state index contributed by atoms with van der Waals surface area (Å²) in [5, 5.41) is 19.5. The Labute approximate surface area is 156 Å². The molecule has 8 atom stereocenters. The second kappa shape index (κ2) is 6.00. The molecular formula is C22H32O4. The van der Waals surface area contributed by atoms with Gasteiger partial charge in [-0.3, -0.25) is 9.59 Å². The highest BCUT2D eigenvalue weighted by Crippen LogP contribution is 2.67. The molecule has 0 heterocycles. The Morgan fingerprint density at radius 2 is 2.00 bits per heavy atom. The van der Waals surface area contributed by atoms with Gasteiger partial charge in [-0.1, -0.05) is 26.3 Å². The average molecular weight is 360 g/mol. The zero-order valence-electron chi connectivity index (χ0n) is 16.2. The third kappa shape index (κ3) is 2.34. The number of carbonyl (C=O) groups is 2. The molecule has 0 aromatic carbocycles. The van der Waals surface area contributed by atoms with Gasteiger partial charge in [0.05, 0.1) is 0 Å². The molecule has 4 nitrogen and oxygen atoms in total. The SMILES string of the molecule is CC1C[C@H]2[C@@H]3CCC4=CC(O)C(=O)C[C@]4(C)[C@H]3CC[C@]2(C)[C@H]1C(=O)CO. The fourth-order valence-electron chi connectivity index (χ4n) is 7.74. The van der Waals surface area contributed by atoms with E-state index in [-0.39, 0.29) is 34.9 Å². The minimum Gasteiger partial charge on any atom is -0.389 e. The molecule has 0 spiro atoms. The summed E-state index contributed by atoms with van der Waals surface area (Å²) in [7, 11) is 0. The summed E-state index contributed by atoms with van der Waals surface area (Å²) in [5.74, 6) is 1.76. The van der Waals surface area contributed by atoms with Crippen LogP contribution < -0.4 is 0 Å². The predicted octanol–water partition coefficient (Wildman–Crippen LogP) is 2.91. The molecule has 4 aliphatic rings. The van der Waals surface area contributed by atoms with Gasteiger partial charge in [-0.15, -0.1) is 0 Å². The molecule has 3 fully saturated rings. The third-order valence-corrected chi connectivity index (χ3v) is 8.81. The summed E-state index contributed by atoms with van der Waals surface area (Å²) in [6.07, 6.45) is 6.52. The van der Waals surface area contributed by atoms with Gasteiger partial charge in [0.1, 0.15) is 12.7 Å². The first kappa shape index (κ1) is 18.4. The standard InChI is InChI=1S/C22H32O4/c1-12-8-16-14-5-4-13-9-17(24)18(25)10-22(13,3)15(14)6-7-21(16,2)20(12)19(26)11-23/h9,12,14-17,20,23-24H,4-8,10-11H2,1-3H3/t12?,14-,15+,16+,17?,20-,21+,22+/m1/s1. The largest absolute Gasteiger partial charge is 0.389 e. The van der Waals surface area contributed by atoms with Crippen LogP contribution in [0.15, 0.2) is 11.6 Å². The number of rotatable bonds is 2. The first-order valence-electron chi connectivity index (χ1n) is 10.3. The summed E-state index contributed by atoms with van der Waals surface area (Å²) in [4.78, 5) is 24.8. The van der Waals surface area contributed by atoms with E-state index in [4.69, 9.17) is 0 Å². The second-order valence-corrected chi connectivity index (χ2v) is 9.97. The van der Waals surface area contributed by atoms with Crippen LogP contribution in [0, 0.1) is 40.4 Å². The predicted molar refractivity (Wildman–Crippen MR) is 98.2 cm³/mol. The monoisotopic (exact) mass is 360 g/mol. The lowest BCUT2D eigenvalue weighted by atomic mass is 9.46. The van der Waals surface area contributed by atoms with Crippen molar-refractivity contribution >= 4 is 11.6 Å². The Morgan fingerprint density at radius 1 is 1.27 bits per heavy atom. The van der Waals surface area contributed by atoms with Crippen molar-refractivity contribution in [3.05, 3.63) is 11.6 Å². The number of allylic oxidation sites excluding steroid dienone is 1. The Bertz CT molecular complexity index is 667. The van der Waals surface area contributed by atoms with Crippen LogP contribution in [0.1, 0.15) is 59.3 Å². The van der Waals surface area contributed by atoms with Gasteiger partial charge in [0.2, 0.25) is 0 Å². The minimum absolute atomic E-state index is 0.0134. The van der Waals surface area contributed by atoms with Crippen LogP contribution in [-0.4, -0.2) is 34.5 Å². The van der Waals surface area contributed by atoms with Gasteiger partial charge in [-0.2, -0.15) is 0 Å². The van der Waals surface area contributed by atoms with E-state index in [1.165, 1.54) is 5.57 Å². The molecule has 0 aliphatic heterocycles. The van der Waals surface area contributed by atoms with Crippen LogP contribution in [0.4, 0.5) is 0 Å². The molecule has 0 amide bonds. The number of hydrogen-bond acceptors (Lipinski definition) is 4. The minimum atomic E-state index is -0.915. The van der Waals surface area contributed by atoms with Crippen molar-refractivity contribution in [3.8, 4) is 0 Å². The Balaban J connectivity index is 1.68. The molecule has 4 rings (SSSR count). The maximum Gasteiger partial charge on any atom is 0.166 e. The van der Waals surface area contributed by atoms with E-state index < -0.39 is 6.10 Å². The van der Waals surface area contributed by atoms with Crippen LogP contribution in [0.2, 0.25) is 0 Å². The summed E-state index contributed by atoms with van der Waals surface area (Å²) in [6, 6.07) is 0. The van der Waals surface area contributed by atoms with Crippen LogP contribution in [0.3, 0.4) is 0 Å². The Morgan fingerprint density at radius 3 is 2.69 bits per heavy atom. The van der Waals surface area contributed by atoms with Gasteiger partial charge < -0.3 is 10.2 Å². The van der Waals surface area contributed by atoms with Crippen molar-refractivity contribution in [2.75, 3.05) is 6.61 Å². The number of aliphatic hydroxyl groups excluding tert-OH is 2. The summed E-state index contributed by atoms with van der Waals surface area (Å²) in [5.41, 5.74) is 1.14. The molecule has 0 bridgehead atoms. The molecule has 0 aromatic rings. The van der Waals surface area contributed by atoms with Gasteiger partial charge >= 0.3 is 0 Å². The van der Waals surface area contributed by atoms with E-state index in [0.29, 0.717) is 30.1 Å². The summed E-state index contributed by atoms with van der Waals surface area (Å²) in [6.45, 7) is 6.34. The van der Waals surface area contributed by atoms with E-state index >= 15 is 0 Å². The van der Waals surface area contributed by atoms with Crippen molar-refractivity contribution in [1.82, 2.24) is 0 Å². The van der Waals surface area contributed by atoms with Gasteiger partial charge in [0.15, 0.2) is 11.6 Å². The van der Waals surface area contributed by atoms with Crippen LogP contribution in [0.5, 0.6) is 0 Å². The molecule has 0 aromatic heterocycles. The summed E-state index contributed by atoms with van der Waals surface area (Å²) >= 11 is 0. The van der Waals surface area contributed by atoms with Crippen LogP contribution in [0.25, 0.3) is 0 Å². The van der Waals surface area contributed by atoms with Gasteiger partial charge in [0.25, 0.3) is 0 Å². The number of aliphatic hydroxyl groups is 2. The van der Waals surface area contributed by atoms with Crippen molar-refractivity contribution in [2.24, 2.45) is 40.4 Å². The van der Waals surface area contributed by atoms with E-state index in [9.17, 15) is 19.8 Å². The molecule has 3 saturated carbocycles. The zero-order chi connectivity index (χ0) is 18.9. The highest BCUT2D eigenvalue weighted by Gasteiger charge is 2.62. The van der Waals surface area contributed by atoms with E-state index in [1.807, 2.05) is 6.08 Å². The maximum absolute atomic E-state index is 12.5. The molecule has 26 heavy (non-hydrogen) atoms. The highest BCUT2D eigenvalue weighted by atomic mass is 16.3. The van der Waals surface area contributed by atoms with Gasteiger partial charge in [-0.25, -0.2) is 0 Å². The molecule has 0 saturated heterocycles. The van der Waals surface area contributed by atoms with E-state index in [2.05, 4.69) is 20.8 Å². The number of fused-ring (bicyclic) bond motifs is 5. The molecule has 2 unspecified atom stereocenters. The van der Waals surface area contributed by atoms with Gasteiger partial charge in [-0.05, 0) is 72.7 Å². The van der Waals surface area contributed by atoms with Crippen LogP contribution in [-0.2, 0) is 9.59 Å². The topological polar surface area (TPSA) is 74.6 Å². The quantitative estimate of drug-likeness (QED) is 0.743. The fourth-order valence-corrected chi connectivity index (χ4v) is 7.74. The van der Waals surface area contributed by atoms with E-state index in [1.54, 1.807) is 0 Å². The van der Waals surface area contributed by atoms with Crippen molar-refractivity contribution in [2.45, 2.75) is 65.4 Å². The van der Waals surface area contributed by atoms with Crippen molar-refractivity contribution in [1.29, 1.82) is 0 Å². The zero-order valence-corrected chi connectivity index (χ0v) is 16.2. The van der Waals surface area contributed by atoms with E-state index in [0.717, 1.165) is 32.1 Å². The number of ketones is 2. The second-order valence-electron chi connectivity index (χ2n) is 9.97. The van der Waals surface area contributed by atoms with Gasteiger partial charge in [0, 0.05) is 12.3 Å². The lowest BCUT2D eigenvalue weighted by molar-refractivity contribution is -0.136. The number of Topliss-reactive ketones (excluding diaryl/α,β-unsaturated/α-hetero) is 2. The summed E-state index contributed by atoms with van der Waals surface area (Å²) < 4.78 is 0. The smallest absolute Gasteiger partial charge is 0.166 e. The molecule has 4 heteroatoms. The normalized spacial score (nSPS) is 50.5. The molecular weight excluding hydrogens is 328 g/mol. The Hall–Kier alpha value is -1.00. The lowest BCUT2D eigenvalue weighted by Crippen LogP contribution is -2.52. The average Bonchev–Trinajstić information content (AvgIpc) is 2.86. The third-order valence-electron chi connectivity index (χ3n) is 8.81. The molecule has 2 N–H and O–H groups in total. The maximum atomic E-state index is 12.5. The Kier molecular flexibility index (Phi) is 4.24.